The van der Waals surface area contributed by atoms with Crippen molar-refractivity contribution in [3.8, 4) is 0 Å². The first-order valence-corrected chi connectivity index (χ1v) is 8.43. The maximum Gasteiger partial charge on any atom is 0.411 e. The first-order chi connectivity index (χ1) is 11.0. The van der Waals surface area contributed by atoms with E-state index in [9.17, 15) is 26.4 Å². The van der Waals surface area contributed by atoms with Crippen molar-refractivity contribution in [2.24, 2.45) is 0 Å². The topological polar surface area (TPSA) is 84.5 Å². The standard InChI is InChI=1S/C14H19F3N2O4S/c1-9-6-11(7-12(10(9)2)24(21,22)18-3)13(20)19-4-5-23-8-14(15,16)17/h6-7,18H,4-5,8H2,1-3H3,(H,19,20). The lowest BCUT2D eigenvalue weighted by atomic mass is 10.1. The summed E-state index contributed by atoms with van der Waals surface area (Å²) in [4.78, 5) is 12.0. The molecule has 10 heteroatoms. The second kappa shape index (κ2) is 7.95. The van der Waals surface area contributed by atoms with Crippen molar-refractivity contribution in [3.05, 3.63) is 28.8 Å². The summed E-state index contributed by atoms with van der Waals surface area (Å²) in [6.45, 7) is 1.45. The fraction of sp³-hybridized carbons (Fsp3) is 0.500. The summed E-state index contributed by atoms with van der Waals surface area (Å²) in [5.74, 6) is -0.596. The Labute approximate surface area is 138 Å². The molecule has 0 heterocycles. The molecule has 0 bridgehead atoms. The number of nitrogens with one attached hydrogen (secondary N) is 2. The van der Waals surface area contributed by atoms with E-state index in [1.54, 1.807) is 13.8 Å². The van der Waals surface area contributed by atoms with Crippen molar-refractivity contribution in [1.82, 2.24) is 10.0 Å². The Morgan fingerprint density at radius 3 is 2.42 bits per heavy atom. The minimum Gasteiger partial charge on any atom is -0.370 e. The van der Waals surface area contributed by atoms with E-state index in [-0.39, 0.29) is 23.6 Å². The van der Waals surface area contributed by atoms with Crippen LogP contribution in [-0.4, -0.2) is 47.3 Å². The van der Waals surface area contributed by atoms with E-state index in [0.29, 0.717) is 11.1 Å². The van der Waals surface area contributed by atoms with E-state index in [1.807, 2.05) is 0 Å². The molecule has 0 aliphatic heterocycles. The fourth-order valence-corrected chi connectivity index (χ4v) is 2.94. The zero-order valence-corrected chi connectivity index (χ0v) is 14.3. The number of rotatable bonds is 7. The van der Waals surface area contributed by atoms with Crippen LogP contribution in [0, 0.1) is 13.8 Å². The highest BCUT2D eigenvalue weighted by atomic mass is 32.2. The summed E-state index contributed by atoms with van der Waals surface area (Å²) in [5.41, 5.74) is 1.21. The van der Waals surface area contributed by atoms with E-state index in [4.69, 9.17) is 0 Å². The number of benzene rings is 1. The molecule has 6 nitrogen and oxygen atoms in total. The van der Waals surface area contributed by atoms with Gasteiger partial charge in [0, 0.05) is 12.1 Å². The average Bonchev–Trinajstić information content (AvgIpc) is 2.47. The second-order valence-electron chi connectivity index (χ2n) is 5.05. The molecule has 1 aromatic rings. The summed E-state index contributed by atoms with van der Waals surface area (Å²) < 4.78 is 66.2. The first-order valence-electron chi connectivity index (χ1n) is 6.95. The number of alkyl halides is 3. The molecule has 0 fully saturated rings. The van der Waals surface area contributed by atoms with Gasteiger partial charge in [-0.15, -0.1) is 0 Å². The summed E-state index contributed by atoms with van der Waals surface area (Å²) in [6.07, 6.45) is -4.42. The summed E-state index contributed by atoms with van der Waals surface area (Å²) >= 11 is 0. The lowest BCUT2D eigenvalue weighted by molar-refractivity contribution is -0.173. The molecular formula is C14H19F3N2O4S. The van der Waals surface area contributed by atoms with Crippen LogP contribution in [0.2, 0.25) is 0 Å². The summed E-state index contributed by atoms with van der Waals surface area (Å²) in [6, 6.07) is 2.73. The van der Waals surface area contributed by atoms with Gasteiger partial charge in [-0.1, -0.05) is 0 Å². The van der Waals surface area contributed by atoms with E-state index in [0.717, 1.165) is 0 Å². The molecule has 0 spiro atoms. The Bertz CT molecular complexity index is 703. The Hall–Kier alpha value is -1.65. The van der Waals surface area contributed by atoms with Gasteiger partial charge in [0.1, 0.15) is 6.61 Å². The Kier molecular flexibility index (Phi) is 6.76. The lowest BCUT2D eigenvalue weighted by Gasteiger charge is -2.13. The molecule has 0 radical (unpaired) electrons. The van der Waals surface area contributed by atoms with Crippen molar-refractivity contribution in [3.63, 3.8) is 0 Å². The normalized spacial score (nSPS) is 12.2. The minimum atomic E-state index is -4.42. The summed E-state index contributed by atoms with van der Waals surface area (Å²) in [5, 5.41) is 2.38. The Morgan fingerprint density at radius 2 is 1.88 bits per heavy atom. The third-order valence-electron chi connectivity index (χ3n) is 3.24. The first kappa shape index (κ1) is 20.4. The molecule has 0 aliphatic rings. The van der Waals surface area contributed by atoms with Crippen LogP contribution in [0.1, 0.15) is 21.5 Å². The van der Waals surface area contributed by atoms with E-state index >= 15 is 0 Å². The number of carbonyl (C=O) groups excluding carboxylic acids is 1. The van der Waals surface area contributed by atoms with Crippen molar-refractivity contribution in [2.45, 2.75) is 24.9 Å². The van der Waals surface area contributed by atoms with Crippen molar-refractivity contribution in [1.29, 1.82) is 0 Å². The van der Waals surface area contributed by atoms with Crippen LogP contribution in [0.3, 0.4) is 0 Å². The zero-order valence-electron chi connectivity index (χ0n) is 13.5. The second-order valence-corrected chi connectivity index (χ2v) is 6.90. The summed E-state index contributed by atoms with van der Waals surface area (Å²) in [7, 11) is -2.47. The van der Waals surface area contributed by atoms with Crippen LogP contribution in [0.5, 0.6) is 0 Å². The van der Waals surface area contributed by atoms with Crippen LogP contribution in [0.4, 0.5) is 13.2 Å². The fourth-order valence-electron chi connectivity index (χ4n) is 1.87. The largest absolute Gasteiger partial charge is 0.411 e. The molecule has 0 saturated heterocycles. The monoisotopic (exact) mass is 368 g/mol. The van der Waals surface area contributed by atoms with E-state index in [2.05, 4.69) is 14.8 Å². The van der Waals surface area contributed by atoms with E-state index in [1.165, 1.54) is 19.2 Å². The SMILES string of the molecule is CNS(=O)(=O)c1cc(C(=O)NCCOCC(F)(F)F)cc(C)c1C. The number of aryl methyl sites for hydroxylation is 1. The van der Waals surface area contributed by atoms with Gasteiger partial charge in [0.05, 0.1) is 11.5 Å². The molecule has 0 aliphatic carbocycles. The van der Waals surface area contributed by atoms with E-state index < -0.39 is 28.7 Å². The zero-order chi connectivity index (χ0) is 18.5. The predicted octanol–water partition coefficient (Wildman–Crippen LogP) is 1.52. The third-order valence-corrected chi connectivity index (χ3v) is 4.78. The lowest BCUT2D eigenvalue weighted by Crippen LogP contribution is -2.29. The van der Waals surface area contributed by atoms with Crippen molar-refractivity contribution >= 4 is 15.9 Å². The van der Waals surface area contributed by atoms with Crippen LogP contribution in [0.25, 0.3) is 0 Å². The van der Waals surface area contributed by atoms with Gasteiger partial charge >= 0.3 is 6.18 Å². The highest BCUT2D eigenvalue weighted by Gasteiger charge is 2.27. The molecule has 24 heavy (non-hydrogen) atoms. The highest BCUT2D eigenvalue weighted by molar-refractivity contribution is 7.89. The van der Waals surface area contributed by atoms with Gasteiger partial charge in [-0.3, -0.25) is 4.79 Å². The van der Waals surface area contributed by atoms with Crippen LogP contribution in [0.15, 0.2) is 17.0 Å². The predicted molar refractivity (Wildman–Crippen MR) is 81.4 cm³/mol. The van der Waals surface area contributed by atoms with Crippen LogP contribution >= 0.6 is 0 Å². The maximum atomic E-state index is 12.0. The molecule has 2 N–H and O–H groups in total. The smallest absolute Gasteiger partial charge is 0.370 e. The van der Waals surface area contributed by atoms with Gasteiger partial charge in [0.2, 0.25) is 10.0 Å². The van der Waals surface area contributed by atoms with Gasteiger partial charge in [0.25, 0.3) is 5.91 Å². The molecular weight excluding hydrogens is 349 g/mol. The quantitative estimate of drug-likeness (QED) is 0.715. The molecule has 136 valence electrons. The minimum absolute atomic E-state index is 0.0246. The van der Waals surface area contributed by atoms with Gasteiger partial charge < -0.3 is 10.1 Å². The molecule has 0 aromatic heterocycles. The van der Waals surface area contributed by atoms with Gasteiger partial charge in [0.15, 0.2) is 0 Å². The molecule has 1 amide bonds. The number of halogens is 3. The average molecular weight is 368 g/mol. The number of amides is 1. The van der Waals surface area contributed by atoms with Crippen molar-refractivity contribution in [2.75, 3.05) is 26.8 Å². The molecule has 1 aromatic carbocycles. The number of hydrogen-bond donors (Lipinski definition) is 2. The molecule has 0 unspecified atom stereocenters. The molecule has 1 rings (SSSR count). The van der Waals surface area contributed by atoms with Gasteiger partial charge in [-0.05, 0) is 44.2 Å². The molecule has 0 saturated carbocycles. The maximum absolute atomic E-state index is 12.0. The number of sulfonamides is 1. The third kappa shape index (κ3) is 5.77. The molecule has 0 atom stereocenters. The Balaban J connectivity index is 2.78. The number of carbonyl (C=O) groups is 1. The van der Waals surface area contributed by atoms with Crippen molar-refractivity contribution < 1.29 is 31.1 Å². The van der Waals surface area contributed by atoms with Gasteiger partial charge in [-0.25, -0.2) is 13.1 Å². The van der Waals surface area contributed by atoms with Crippen LogP contribution < -0.4 is 10.0 Å². The van der Waals surface area contributed by atoms with Crippen LogP contribution in [-0.2, 0) is 14.8 Å². The van der Waals surface area contributed by atoms with Gasteiger partial charge in [-0.2, -0.15) is 13.2 Å². The number of ether oxygens (including phenoxy) is 1. The number of hydrogen-bond acceptors (Lipinski definition) is 4. The highest BCUT2D eigenvalue weighted by Crippen LogP contribution is 2.21. The Morgan fingerprint density at radius 1 is 1.25 bits per heavy atom.